The quantitative estimate of drug-likeness (QED) is 0.365. The van der Waals surface area contributed by atoms with Gasteiger partial charge in [0.2, 0.25) is 0 Å². The van der Waals surface area contributed by atoms with Crippen LogP contribution in [0.25, 0.3) is 0 Å². The maximum atomic E-state index is 10.8. The van der Waals surface area contributed by atoms with E-state index >= 15 is 0 Å². The summed E-state index contributed by atoms with van der Waals surface area (Å²) in [7, 11) is -4.42. The molecular formula is C6H9N3O3S. The minimum atomic E-state index is -4.42. The van der Waals surface area contributed by atoms with E-state index < -0.39 is 15.0 Å². The van der Waals surface area contributed by atoms with Gasteiger partial charge in [-0.2, -0.15) is 8.42 Å². The molecule has 0 heterocycles. The largest absolute Gasteiger partial charge is 0.398 e. The maximum absolute atomic E-state index is 10.8. The second-order valence-electron chi connectivity index (χ2n) is 2.46. The highest BCUT2D eigenvalue weighted by atomic mass is 32.2. The van der Waals surface area contributed by atoms with E-state index in [1.54, 1.807) is 0 Å². The maximum Gasteiger partial charge on any atom is 0.298 e. The molecule has 1 aromatic rings. The molecule has 0 bridgehead atoms. The van der Waals surface area contributed by atoms with E-state index in [1.807, 2.05) is 0 Å². The van der Waals surface area contributed by atoms with Gasteiger partial charge in [0.25, 0.3) is 10.1 Å². The molecule has 0 radical (unpaired) electrons. The Morgan fingerprint density at radius 2 is 1.54 bits per heavy atom. The van der Waals surface area contributed by atoms with Crippen molar-refractivity contribution >= 4 is 27.2 Å². The van der Waals surface area contributed by atoms with Crippen molar-refractivity contribution in [2.75, 3.05) is 17.2 Å². The second-order valence-corrected chi connectivity index (χ2v) is 3.82. The smallest absolute Gasteiger partial charge is 0.298 e. The van der Waals surface area contributed by atoms with Crippen LogP contribution in [0.1, 0.15) is 0 Å². The van der Waals surface area contributed by atoms with Crippen LogP contribution in [0.15, 0.2) is 17.0 Å². The first-order valence-corrected chi connectivity index (χ1v) is 4.69. The standard InChI is InChI=1S/C6H9N3O3S/c7-3-1-2-4(8)6(5(3)9)13(10,11)12/h1-2H,7-9H2,(H,10,11,12). The minimum absolute atomic E-state index is 0.0572. The zero-order valence-corrected chi connectivity index (χ0v) is 7.38. The van der Waals surface area contributed by atoms with E-state index in [1.165, 1.54) is 12.1 Å². The van der Waals surface area contributed by atoms with Crippen molar-refractivity contribution in [2.45, 2.75) is 4.90 Å². The van der Waals surface area contributed by atoms with Crippen molar-refractivity contribution in [1.82, 2.24) is 0 Å². The first-order chi connectivity index (χ1) is 5.84. The number of hydrogen-bond acceptors (Lipinski definition) is 5. The van der Waals surface area contributed by atoms with E-state index in [4.69, 9.17) is 21.8 Å². The summed E-state index contributed by atoms with van der Waals surface area (Å²) in [5.74, 6) is 0. The molecule has 6 nitrogen and oxygen atoms in total. The molecule has 0 atom stereocenters. The normalized spacial score (nSPS) is 11.5. The molecule has 13 heavy (non-hydrogen) atoms. The zero-order valence-electron chi connectivity index (χ0n) is 6.56. The molecule has 7 heteroatoms. The van der Waals surface area contributed by atoms with Crippen LogP contribution in [-0.4, -0.2) is 13.0 Å². The van der Waals surface area contributed by atoms with Crippen molar-refractivity contribution in [1.29, 1.82) is 0 Å². The second kappa shape index (κ2) is 2.79. The van der Waals surface area contributed by atoms with Crippen molar-refractivity contribution in [2.24, 2.45) is 0 Å². The van der Waals surface area contributed by atoms with Gasteiger partial charge < -0.3 is 17.2 Å². The van der Waals surface area contributed by atoms with Gasteiger partial charge in [0, 0.05) is 0 Å². The monoisotopic (exact) mass is 203 g/mol. The lowest BCUT2D eigenvalue weighted by Gasteiger charge is -2.07. The number of hydrogen-bond donors (Lipinski definition) is 4. The average molecular weight is 203 g/mol. The predicted octanol–water partition coefficient (Wildman–Crippen LogP) is -0.320. The fourth-order valence-electron chi connectivity index (χ4n) is 0.920. The van der Waals surface area contributed by atoms with Gasteiger partial charge in [-0.3, -0.25) is 4.55 Å². The molecule has 0 spiro atoms. The molecule has 0 amide bonds. The summed E-state index contributed by atoms with van der Waals surface area (Å²) in [5.41, 5.74) is 15.7. The minimum Gasteiger partial charge on any atom is -0.398 e. The summed E-state index contributed by atoms with van der Waals surface area (Å²) in [6.07, 6.45) is 0. The molecule has 1 aromatic carbocycles. The Morgan fingerprint density at radius 1 is 1.08 bits per heavy atom. The molecule has 0 aliphatic carbocycles. The first-order valence-electron chi connectivity index (χ1n) is 3.25. The summed E-state index contributed by atoms with van der Waals surface area (Å²) >= 11 is 0. The number of anilines is 3. The highest BCUT2D eigenvalue weighted by molar-refractivity contribution is 7.86. The van der Waals surface area contributed by atoms with E-state index in [0.29, 0.717) is 0 Å². The third kappa shape index (κ3) is 1.65. The Kier molecular flexibility index (Phi) is 2.06. The van der Waals surface area contributed by atoms with Gasteiger partial charge in [-0.15, -0.1) is 0 Å². The lowest BCUT2D eigenvalue weighted by Crippen LogP contribution is -2.09. The lowest BCUT2D eigenvalue weighted by molar-refractivity contribution is 0.484. The van der Waals surface area contributed by atoms with Gasteiger partial charge >= 0.3 is 0 Å². The molecule has 0 aromatic heterocycles. The molecule has 7 N–H and O–H groups in total. The molecule has 0 aliphatic rings. The highest BCUT2D eigenvalue weighted by Crippen LogP contribution is 2.29. The molecular weight excluding hydrogens is 194 g/mol. The van der Waals surface area contributed by atoms with Crippen molar-refractivity contribution in [3.05, 3.63) is 12.1 Å². The lowest BCUT2D eigenvalue weighted by atomic mass is 10.2. The van der Waals surface area contributed by atoms with Crippen molar-refractivity contribution in [3.63, 3.8) is 0 Å². The van der Waals surface area contributed by atoms with E-state index in [9.17, 15) is 8.42 Å². The van der Waals surface area contributed by atoms with Gasteiger partial charge in [0.1, 0.15) is 4.90 Å². The Hall–Kier alpha value is -1.47. The Balaban J connectivity index is 3.62. The molecule has 72 valence electrons. The van der Waals surface area contributed by atoms with E-state index in [2.05, 4.69) is 0 Å². The van der Waals surface area contributed by atoms with Crippen LogP contribution in [-0.2, 0) is 10.1 Å². The van der Waals surface area contributed by atoms with E-state index in [-0.39, 0.29) is 17.1 Å². The van der Waals surface area contributed by atoms with Crippen LogP contribution in [0.5, 0.6) is 0 Å². The summed E-state index contributed by atoms with van der Waals surface area (Å²) < 4.78 is 30.3. The predicted molar refractivity (Wildman–Crippen MR) is 49.5 cm³/mol. The summed E-state index contributed by atoms with van der Waals surface area (Å²) in [6.45, 7) is 0. The third-order valence-corrected chi connectivity index (χ3v) is 2.49. The number of rotatable bonds is 1. The fourth-order valence-corrected chi connectivity index (χ4v) is 1.68. The molecule has 1 rings (SSSR count). The summed E-state index contributed by atoms with van der Waals surface area (Å²) in [6, 6.07) is 2.62. The number of nitrogens with two attached hydrogens (primary N) is 3. The van der Waals surface area contributed by atoms with Crippen LogP contribution in [0.2, 0.25) is 0 Å². The molecule has 0 aliphatic heterocycles. The molecule has 0 saturated heterocycles. The Morgan fingerprint density at radius 3 is 1.92 bits per heavy atom. The molecule has 0 fully saturated rings. The Labute approximate surface area is 75.1 Å². The summed E-state index contributed by atoms with van der Waals surface area (Å²) in [5, 5.41) is 0. The van der Waals surface area contributed by atoms with Crippen LogP contribution >= 0.6 is 0 Å². The van der Waals surface area contributed by atoms with Gasteiger partial charge in [0.15, 0.2) is 0 Å². The van der Waals surface area contributed by atoms with Gasteiger partial charge in [-0.1, -0.05) is 0 Å². The highest BCUT2D eigenvalue weighted by Gasteiger charge is 2.19. The van der Waals surface area contributed by atoms with Crippen LogP contribution < -0.4 is 17.2 Å². The number of nitrogen functional groups attached to an aromatic ring is 3. The van der Waals surface area contributed by atoms with E-state index in [0.717, 1.165) is 0 Å². The fraction of sp³-hybridized carbons (Fsp3) is 0. The van der Waals surface area contributed by atoms with Crippen molar-refractivity contribution in [3.8, 4) is 0 Å². The zero-order chi connectivity index (χ0) is 10.2. The molecule has 0 saturated carbocycles. The SMILES string of the molecule is Nc1ccc(N)c(S(=O)(=O)O)c1N. The van der Waals surface area contributed by atoms with Crippen LogP contribution in [0.4, 0.5) is 17.1 Å². The topological polar surface area (TPSA) is 132 Å². The van der Waals surface area contributed by atoms with Crippen molar-refractivity contribution < 1.29 is 13.0 Å². The summed E-state index contributed by atoms with van der Waals surface area (Å²) in [4.78, 5) is -0.535. The van der Waals surface area contributed by atoms with Crippen LogP contribution in [0, 0.1) is 0 Å². The average Bonchev–Trinajstić information content (AvgIpc) is 1.95. The van der Waals surface area contributed by atoms with Gasteiger partial charge in [-0.05, 0) is 12.1 Å². The first kappa shape index (κ1) is 9.62. The Bertz CT molecular complexity index is 441. The third-order valence-electron chi connectivity index (χ3n) is 1.52. The van der Waals surface area contributed by atoms with Gasteiger partial charge in [-0.25, -0.2) is 0 Å². The van der Waals surface area contributed by atoms with Crippen LogP contribution in [0.3, 0.4) is 0 Å². The number of benzene rings is 1. The van der Waals surface area contributed by atoms with Gasteiger partial charge in [0.05, 0.1) is 17.1 Å². The molecule has 0 unspecified atom stereocenters.